The lowest BCUT2D eigenvalue weighted by Crippen LogP contribution is -2.37. The van der Waals surface area contributed by atoms with Crippen LogP contribution in [0, 0.1) is 28.9 Å². The number of hydrogen-bond acceptors (Lipinski definition) is 7. The van der Waals surface area contributed by atoms with Gasteiger partial charge in [-0.25, -0.2) is 18.4 Å². The summed E-state index contributed by atoms with van der Waals surface area (Å²) in [4.78, 5) is 7.74. The van der Waals surface area contributed by atoms with Crippen molar-refractivity contribution in [3.63, 3.8) is 0 Å². The van der Waals surface area contributed by atoms with Crippen LogP contribution >= 0.6 is 11.6 Å². The molecule has 1 aliphatic rings. The first kappa shape index (κ1) is 25.6. The molecule has 0 spiro atoms. The fourth-order valence-corrected chi connectivity index (χ4v) is 4.83. The monoisotopic (exact) mass is 558 g/mol. The van der Waals surface area contributed by atoms with Gasteiger partial charge in [-0.1, -0.05) is 28.9 Å². The first-order valence-corrected chi connectivity index (χ1v) is 12.7. The van der Waals surface area contributed by atoms with Crippen molar-refractivity contribution in [1.82, 2.24) is 25.0 Å². The number of nitrogens with one attached hydrogen (secondary N) is 2. The molecule has 2 N–H and O–H groups in total. The molecule has 0 aliphatic heterocycles. The van der Waals surface area contributed by atoms with Crippen LogP contribution in [-0.2, 0) is 5.44 Å². The molecule has 1 aliphatic carbocycles. The highest BCUT2D eigenvalue weighted by Gasteiger charge is 2.34. The molecule has 2 aromatic carbocycles. The smallest absolute Gasteiger partial charge is 0.249 e. The quantitative estimate of drug-likeness (QED) is 0.209. The number of benzene rings is 2. The predicted octanol–water partition coefficient (Wildman–Crippen LogP) is 5.19. The second-order valence-corrected chi connectivity index (χ2v) is 10.1. The molecule has 0 saturated heterocycles. The largest absolute Gasteiger partial charge is 0.378 e. The van der Waals surface area contributed by atoms with Crippen molar-refractivity contribution >= 4 is 47.4 Å². The van der Waals surface area contributed by atoms with Crippen LogP contribution in [0.1, 0.15) is 35.7 Å². The average molecular weight is 559 g/mol. The third-order valence-corrected chi connectivity index (χ3v) is 7.16. The number of pyridine rings is 2. The van der Waals surface area contributed by atoms with Gasteiger partial charge in [-0.3, -0.25) is 4.98 Å². The van der Waals surface area contributed by atoms with Gasteiger partial charge in [0.1, 0.15) is 25.4 Å². The van der Waals surface area contributed by atoms with Crippen LogP contribution in [0.15, 0.2) is 61.1 Å². The van der Waals surface area contributed by atoms with Gasteiger partial charge < -0.3 is 10.6 Å². The number of hydrogen-bond donors (Lipinski definition) is 2. The van der Waals surface area contributed by atoms with Crippen molar-refractivity contribution < 1.29 is 13.2 Å². The normalized spacial score (nSPS) is 14.5. The number of fused-ring (bicyclic) bond motifs is 1. The lowest BCUT2D eigenvalue weighted by molar-refractivity contribution is 0.480. The summed E-state index contributed by atoms with van der Waals surface area (Å²) in [5.74, 6) is -2.76. The third-order valence-electron chi connectivity index (χ3n) is 6.87. The lowest BCUT2D eigenvalue weighted by Gasteiger charge is -2.31. The maximum Gasteiger partial charge on any atom is 0.249 e. The van der Waals surface area contributed by atoms with Gasteiger partial charge in [0.2, 0.25) is 5.95 Å². The molecule has 8 nitrogen and oxygen atoms in total. The van der Waals surface area contributed by atoms with Crippen molar-refractivity contribution in [2.24, 2.45) is 0 Å². The Morgan fingerprint density at radius 3 is 2.52 bits per heavy atom. The summed E-state index contributed by atoms with van der Waals surface area (Å²) in [6.07, 6.45) is 6.39. The minimum Gasteiger partial charge on any atom is -0.378 e. The summed E-state index contributed by atoms with van der Waals surface area (Å²) in [5, 5.41) is 25.7. The molecule has 0 bridgehead atoms. The minimum absolute atomic E-state index is 0.130. The van der Waals surface area contributed by atoms with Gasteiger partial charge in [0.05, 0.1) is 51.4 Å². The molecule has 0 amide bonds. The topological polar surface area (TPSA) is 104 Å². The molecule has 1 unspecified atom stereocenters. The first-order valence-electron chi connectivity index (χ1n) is 12.3. The standard InChI is InChI=1S/C27H19BClF3N8/c28-27(15-1-3-16(30)4-2-15,23-13-40(39-38-23)19-5-6-19)37-17-7-20-24(36-18-9-22(31)26(32)35-12-18)14(10-33)11-34-25(20)21(29)8-17/h1-4,7-9,11-13,19,37H,5-6,28H2,(H,34,36). The van der Waals surface area contributed by atoms with E-state index in [1.54, 1.807) is 24.3 Å². The Bertz CT molecular complexity index is 1800. The van der Waals surface area contributed by atoms with Gasteiger partial charge in [0.15, 0.2) is 5.82 Å². The van der Waals surface area contributed by atoms with Gasteiger partial charge in [-0.05, 0) is 42.7 Å². The van der Waals surface area contributed by atoms with E-state index in [1.807, 2.05) is 18.7 Å². The Balaban J connectivity index is 1.47. The van der Waals surface area contributed by atoms with Crippen LogP contribution in [-0.4, -0.2) is 32.8 Å². The molecule has 1 atom stereocenters. The zero-order valence-electron chi connectivity index (χ0n) is 21.0. The number of anilines is 3. The van der Waals surface area contributed by atoms with E-state index in [0.717, 1.165) is 30.7 Å². The van der Waals surface area contributed by atoms with Crippen molar-refractivity contribution in [1.29, 1.82) is 5.26 Å². The highest BCUT2D eigenvalue weighted by molar-refractivity contribution is 6.36. The van der Waals surface area contributed by atoms with Gasteiger partial charge >= 0.3 is 0 Å². The molecule has 6 rings (SSSR count). The number of nitrogens with zero attached hydrogens (tertiary/aromatic N) is 6. The molecule has 13 heteroatoms. The minimum atomic E-state index is -1.24. The Morgan fingerprint density at radius 2 is 1.82 bits per heavy atom. The fraction of sp³-hybridized carbons (Fsp3) is 0.148. The van der Waals surface area contributed by atoms with Crippen LogP contribution in [0.2, 0.25) is 5.02 Å². The Labute approximate surface area is 232 Å². The van der Waals surface area contributed by atoms with Crippen LogP contribution < -0.4 is 10.6 Å². The molecular formula is C27H19BClF3N8. The molecule has 3 aromatic heterocycles. The molecule has 5 aromatic rings. The maximum absolute atomic E-state index is 13.9. The van der Waals surface area contributed by atoms with Crippen LogP contribution in [0.4, 0.5) is 30.2 Å². The molecular weight excluding hydrogens is 540 g/mol. The van der Waals surface area contributed by atoms with Gasteiger partial charge in [-0.2, -0.15) is 9.65 Å². The van der Waals surface area contributed by atoms with Crippen molar-refractivity contribution in [3.05, 3.63) is 100 Å². The number of aromatic nitrogens is 5. The van der Waals surface area contributed by atoms with Crippen molar-refractivity contribution in [2.45, 2.75) is 24.3 Å². The second-order valence-electron chi connectivity index (χ2n) is 9.71. The van der Waals surface area contributed by atoms with Gasteiger partial charge in [0.25, 0.3) is 0 Å². The van der Waals surface area contributed by atoms with E-state index in [4.69, 9.17) is 11.6 Å². The Morgan fingerprint density at radius 1 is 1.05 bits per heavy atom. The summed E-state index contributed by atoms with van der Waals surface area (Å²) < 4.78 is 42.9. The summed E-state index contributed by atoms with van der Waals surface area (Å²) in [7, 11) is 1.90. The van der Waals surface area contributed by atoms with E-state index in [2.05, 4.69) is 37.0 Å². The summed E-state index contributed by atoms with van der Waals surface area (Å²) >= 11 is 6.66. The molecule has 1 fully saturated rings. The number of nitriles is 1. The van der Waals surface area contributed by atoms with E-state index in [1.165, 1.54) is 18.3 Å². The van der Waals surface area contributed by atoms with E-state index in [0.29, 0.717) is 28.3 Å². The SMILES string of the molecule is BC(Nc1cc(Cl)c2ncc(C#N)c(Nc3cnc(F)c(F)c3)c2c1)(c1ccc(F)cc1)c1cn(C2CC2)nn1. The summed E-state index contributed by atoms with van der Waals surface area (Å²) in [5.41, 5.74) is 1.86. The van der Waals surface area contributed by atoms with Crippen molar-refractivity contribution in [2.75, 3.05) is 10.6 Å². The molecule has 198 valence electrons. The first-order chi connectivity index (χ1) is 19.2. The molecule has 1 saturated carbocycles. The Kier molecular flexibility index (Phi) is 6.31. The summed E-state index contributed by atoms with van der Waals surface area (Å²) in [6, 6.07) is 12.8. The summed E-state index contributed by atoms with van der Waals surface area (Å²) in [6.45, 7) is 0. The molecule has 40 heavy (non-hydrogen) atoms. The van der Waals surface area contributed by atoms with Gasteiger partial charge in [0, 0.05) is 23.3 Å². The average Bonchev–Trinajstić information content (AvgIpc) is 3.67. The Hall–Kier alpha value is -4.63. The zero-order valence-corrected chi connectivity index (χ0v) is 21.7. The van der Waals surface area contributed by atoms with Crippen LogP contribution in [0.5, 0.6) is 0 Å². The molecule has 0 radical (unpaired) electrons. The lowest BCUT2D eigenvalue weighted by atomic mass is 9.69. The van der Waals surface area contributed by atoms with E-state index < -0.39 is 17.2 Å². The third kappa shape index (κ3) is 4.69. The van der Waals surface area contributed by atoms with E-state index in [-0.39, 0.29) is 27.8 Å². The zero-order chi connectivity index (χ0) is 28.0. The maximum atomic E-state index is 13.9. The van der Waals surface area contributed by atoms with Crippen LogP contribution in [0.3, 0.4) is 0 Å². The highest BCUT2D eigenvalue weighted by Crippen LogP contribution is 2.39. The van der Waals surface area contributed by atoms with Crippen LogP contribution in [0.25, 0.3) is 10.9 Å². The van der Waals surface area contributed by atoms with E-state index in [9.17, 15) is 18.4 Å². The number of halogens is 4. The second kappa shape index (κ2) is 9.84. The predicted molar refractivity (Wildman–Crippen MR) is 147 cm³/mol. The highest BCUT2D eigenvalue weighted by atomic mass is 35.5. The van der Waals surface area contributed by atoms with Gasteiger partial charge in [-0.15, -0.1) is 5.10 Å². The van der Waals surface area contributed by atoms with E-state index >= 15 is 0 Å². The van der Waals surface area contributed by atoms with Crippen molar-refractivity contribution in [3.8, 4) is 6.07 Å². The fourth-order valence-electron chi connectivity index (χ4n) is 4.56. The number of rotatable bonds is 7. The molecule has 3 heterocycles.